The fourth-order valence-corrected chi connectivity index (χ4v) is 2.81. The van der Waals surface area contributed by atoms with Crippen molar-refractivity contribution in [1.82, 2.24) is 15.5 Å². The van der Waals surface area contributed by atoms with Gasteiger partial charge in [-0.25, -0.2) is 0 Å². The molecule has 3 nitrogen and oxygen atoms in total. The molecule has 2 N–H and O–H groups in total. The molecule has 2 aromatic rings. The van der Waals surface area contributed by atoms with Gasteiger partial charge in [-0.2, -0.15) is 5.10 Å². The van der Waals surface area contributed by atoms with Gasteiger partial charge in [-0.1, -0.05) is 30.3 Å². The number of hydrogen-bond donors (Lipinski definition) is 2. The fraction of sp³-hybridized carbons (Fsp3) is 0.357. The lowest BCUT2D eigenvalue weighted by molar-refractivity contribution is 0.312. The molecule has 0 amide bonds. The first-order valence-electron chi connectivity index (χ1n) is 6.10. The van der Waals surface area contributed by atoms with Crippen LogP contribution in [0.4, 0.5) is 0 Å². The molecule has 1 aliphatic carbocycles. The van der Waals surface area contributed by atoms with Gasteiger partial charge < -0.3 is 5.32 Å². The van der Waals surface area contributed by atoms with E-state index in [0.717, 1.165) is 19.3 Å². The second-order valence-corrected chi connectivity index (χ2v) is 4.75. The molecule has 1 unspecified atom stereocenters. The van der Waals surface area contributed by atoms with Gasteiger partial charge in [-0.3, -0.25) is 5.10 Å². The van der Waals surface area contributed by atoms with Gasteiger partial charge in [0.25, 0.3) is 0 Å². The zero-order valence-electron chi connectivity index (χ0n) is 10.0. The molecule has 17 heavy (non-hydrogen) atoms. The van der Waals surface area contributed by atoms with Crippen LogP contribution in [0.2, 0.25) is 0 Å². The fourth-order valence-electron chi connectivity index (χ4n) is 2.81. The monoisotopic (exact) mass is 227 g/mol. The van der Waals surface area contributed by atoms with Gasteiger partial charge in [0, 0.05) is 17.7 Å². The molecule has 3 rings (SSSR count). The van der Waals surface area contributed by atoms with E-state index in [2.05, 4.69) is 45.8 Å². The van der Waals surface area contributed by atoms with Crippen LogP contribution >= 0.6 is 0 Å². The quantitative estimate of drug-likeness (QED) is 0.824. The summed E-state index contributed by atoms with van der Waals surface area (Å²) in [6, 6.07) is 10.7. The topological polar surface area (TPSA) is 40.7 Å². The highest BCUT2D eigenvalue weighted by molar-refractivity contribution is 5.32. The van der Waals surface area contributed by atoms with Crippen molar-refractivity contribution in [3.05, 3.63) is 53.3 Å². The molecule has 0 radical (unpaired) electrons. The number of hydrogen-bond acceptors (Lipinski definition) is 2. The summed E-state index contributed by atoms with van der Waals surface area (Å²) in [5.41, 5.74) is 4.06. The van der Waals surface area contributed by atoms with Crippen molar-refractivity contribution >= 4 is 0 Å². The van der Waals surface area contributed by atoms with Crippen LogP contribution in [0.5, 0.6) is 0 Å². The van der Waals surface area contributed by atoms with Crippen LogP contribution in [0.1, 0.15) is 23.2 Å². The van der Waals surface area contributed by atoms with Crippen molar-refractivity contribution in [3.8, 4) is 0 Å². The Hall–Kier alpha value is -1.61. The van der Waals surface area contributed by atoms with Crippen molar-refractivity contribution in [1.29, 1.82) is 0 Å². The summed E-state index contributed by atoms with van der Waals surface area (Å²) in [6.45, 7) is 0. The van der Waals surface area contributed by atoms with Crippen LogP contribution < -0.4 is 5.32 Å². The number of likely N-dealkylation sites (N-methyl/N-ethyl adjacent to an activating group) is 1. The van der Waals surface area contributed by atoms with Gasteiger partial charge in [-0.15, -0.1) is 0 Å². The van der Waals surface area contributed by atoms with Crippen LogP contribution in [0.3, 0.4) is 0 Å². The highest BCUT2D eigenvalue weighted by atomic mass is 15.1. The molecule has 1 aromatic heterocycles. The number of aryl methyl sites for hydroxylation is 1. The first-order chi connectivity index (χ1) is 8.34. The van der Waals surface area contributed by atoms with Crippen molar-refractivity contribution in [3.63, 3.8) is 0 Å². The van der Waals surface area contributed by atoms with Gasteiger partial charge in [0.15, 0.2) is 0 Å². The summed E-state index contributed by atoms with van der Waals surface area (Å²) in [5, 5.41) is 10.8. The average molecular weight is 227 g/mol. The first kappa shape index (κ1) is 10.5. The largest absolute Gasteiger partial charge is 0.310 e. The Balaban J connectivity index is 2.01. The summed E-state index contributed by atoms with van der Waals surface area (Å²) in [6.07, 6.45) is 5.16. The highest BCUT2D eigenvalue weighted by Crippen LogP contribution is 2.35. The lowest BCUT2D eigenvalue weighted by Gasteiger charge is -2.37. The Morgan fingerprint density at radius 2 is 2.12 bits per heavy atom. The second kappa shape index (κ2) is 4.00. The van der Waals surface area contributed by atoms with Gasteiger partial charge >= 0.3 is 0 Å². The van der Waals surface area contributed by atoms with Gasteiger partial charge in [0.05, 0.1) is 6.20 Å². The Morgan fingerprint density at radius 1 is 1.29 bits per heavy atom. The van der Waals surface area contributed by atoms with E-state index in [1.807, 2.05) is 13.2 Å². The van der Waals surface area contributed by atoms with E-state index in [1.54, 1.807) is 0 Å². The van der Waals surface area contributed by atoms with Gasteiger partial charge in [0.1, 0.15) is 0 Å². The number of aromatic amines is 1. The maximum absolute atomic E-state index is 4.14. The maximum Gasteiger partial charge on any atom is 0.0522 e. The van der Waals surface area contributed by atoms with Crippen molar-refractivity contribution in [2.45, 2.75) is 24.8 Å². The van der Waals surface area contributed by atoms with Crippen molar-refractivity contribution in [2.75, 3.05) is 7.05 Å². The van der Waals surface area contributed by atoms with Crippen LogP contribution in [-0.4, -0.2) is 17.2 Å². The predicted octanol–water partition coefficient (Wildman–Crippen LogP) is 2.01. The van der Waals surface area contributed by atoms with Crippen LogP contribution in [-0.2, 0) is 18.4 Å². The number of rotatable bonds is 2. The predicted molar refractivity (Wildman–Crippen MR) is 67.8 cm³/mol. The molecular formula is C14H17N3. The standard InChI is InChI=1S/C14H17N3/c1-15-14(12-5-3-2-4-6-12)8-7-11-10-16-17-13(11)9-14/h2-6,10,15H,7-9H2,1H3,(H,16,17). The third-order valence-electron chi connectivity index (χ3n) is 3.91. The minimum absolute atomic E-state index is 0.0563. The van der Waals surface area contributed by atoms with Gasteiger partial charge in [0.2, 0.25) is 0 Å². The number of nitrogens with one attached hydrogen (secondary N) is 2. The number of benzene rings is 1. The normalized spacial score (nSPS) is 23.4. The molecule has 0 saturated carbocycles. The smallest absolute Gasteiger partial charge is 0.0522 e. The molecule has 0 fully saturated rings. The van der Waals surface area contributed by atoms with E-state index in [0.29, 0.717) is 0 Å². The number of nitrogens with zero attached hydrogens (tertiary/aromatic N) is 1. The van der Waals surface area contributed by atoms with E-state index >= 15 is 0 Å². The lowest BCUT2D eigenvalue weighted by atomic mass is 9.76. The van der Waals surface area contributed by atoms with E-state index in [-0.39, 0.29) is 5.54 Å². The number of H-pyrrole nitrogens is 1. The molecule has 0 aliphatic heterocycles. The number of aromatic nitrogens is 2. The zero-order chi connectivity index (χ0) is 11.7. The molecule has 1 aliphatic rings. The molecule has 0 spiro atoms. The van der Waals surface area contributed by atoms with E-state index < -0.39 is 0 Å². The van der Waals surface area contributed by atoms with E-state index in [9.17, 15) is 0 Å². The molecule has 0 saturated heterocycles. The average Bonchev–Trinajstić information content (AvgIpc) is 2.86. The Kier molecular flexibility index (Phi) is 2.48. The molecule has 0 bridgehead atoms. The molecular weight excluding hydrogens is 210 g/mol. The Morgan fingerprint density at radius 3 is 2.88 bits per heavy atom. The van der Waals surface area contributed by atoms with Crippen molar-refractivity contribution < 1.29 is 0 Å². The molecule has 1 heterocycles. The van der Waals surface area contributed by atoms with Gasteiger partial charge in [-0.05, 0) is 31.0 Å². The third-order valence-corrected chi connectivity index (χ3v) is 3.91. The summed E-state index contributed by atoms with van der Waals surface area (Å²) in [4.78, 5) is 0. The Labute approximate surface area is 101 Å². The van der Waals surface area contributed by atoms with Crippen molar-refractivity contribution in [2.24, 2.45) is 0 Å². The maximum atomic E-state index is 4.14. The third kappa shape index (κ3) is 1.67. The van der Waals surface area contributed by atoms with E-state index in [1.165, 1.54) is 16.8 Å². The minimum Gasteiger partial charge on any atom is -0.310 e. The first-order valence-corrected chi connectivity index (χ1v) is 6.10. The summed E-state index contributed by atoms with van der Waals surface area (Å²) in [7, 11) is 2.05. The molecule has 88 valence electrons. The summed E-state index contributed by atoms with van der Waals surface area (Å²) < 4.78 is 0. The van der Waals surface area contributed by atoms with Crippen LogP contribution in [0, 0.1) is 0 Å². The Bertz CT molecular complexity index is 503. The summed E-state index contributed by atoms with van der Waals surface area (Å²) in [5.74, 6) is 0. The molecule has 1 aromatic carbocycles. The van der Waals surface area contributed by atoms with E-state index in [4.69, 9.17) is 0 Å². The number of fused-ring (bicyclic) bond motifs is 1. The van der Waals surface area contributed by atoms with Crippen LogP contribution in [0.15, 0.2) is 36.5 Å². The molecule has 1 atom stereocenters. The SMILES string of the molecule is CNC1(c2ccccc2)CCc2cn[nH]c2C1. The minimum atomic E-state index is 0.0563. The lowest BCUT2D eigenvalue weighted by Crippen LogP contribution is -2.44. The molecule has 3 heteroatoms. The summed E-state index contributed by atoms with van der Waals surface area (Å²) >= 11 is 0. The zero-order valence-corrected chi connectivity index (χ0v) is 10.0. The second-order valence-electron chi connectivity index (χ2n) is 4.75. The highest BCUT2D eigenvalue weighted by Gasteiger charge is 2.35. The van der Waals surface area contributed by atoms with Crippen LogP contribution in [0.25, 0.3) is 0 Å².